The number of aromatic nitrogens is 1. The number of H-pyrrole nitrogens is 1. The number of aromatic amines is 1. The fourth-order valence-corrected chi connectivity index (χ4v) is 3.47. The molecule has 0 atom stereocenters. The van der Waals surface area contributed by atoms with Crippen molar-refractivity contribution in [2.45, 2.75) is 12.8 Å². The van der Waals surface area contributed by atoms with Crippen LogP contribution in [0.4, 0.5) is 0 Å². The molecule has 1 aliphatic heterocycles. The third-order valence-corrected chi connectivity index (χ3v) is 5.16. The first kappa shape index (κ1) is 21.5. The summed E-state index contributed by atoms with van der Waals surface area (Å²) in [7, 11) is 0. The van der Waals surface area contributed by atoms with Gasteiger partial charge in [0, 0.05) is 43.1 Å². The minimum atomic E-state index is -0.484. The van der Waals surface area contributed by atoms with Crippen LogP contribution < -0.4 is 10.7 Å². The number of ether oxygens (including phenoxy) is 1. The van der Waals surface area contributed by atoms with Gasteiger partial charge in [-0.25, -0.2) is 0 Å². The average Bonchev–Trinajstić information content (AvgIpc) is 2.77. The molecule has 2 amide bonds. The fraction of sp³-hybridized carbons (Fsp3) is 0.429. The smallest absolute Gasteiger partial charge is 0.293 e. The van der Waals surface area contributed by atoms with Gasteiger partial charge in [-0.3, -0.25) is 24.1 Å². The molecule has 3 rings (SSSR count). The molecule has 0 aliphatic carbocycles. The monoisotopic (exact) mass is 414 g/mol. The van der Waals surface area contributed by atoms with E-state index in [0.29, 0.717) is 37.1 Å². The van der Waals surface area contributed by atoms with E-state index in [4.69, 9.17) is 0 Å². The summed E-state index contributed by atoms with van der Waals surface area (Å²) in [4.78, 5) is 54.0. The average molecular weight is 414 g/mol. The maximum absolute atomic E-state index is 12.4. The first-order valence-corrected chi connectivity index (χ1v) is 10.0. The first-order valence-electron chi connectivity index (χ1n) is 10.0. The third-order valence-electron chi connectivity index (χ3n) is 5.16. The second kappa shape index (κ2) is 10.5. The van der Waals surface area contributed by atoms with Crippen LogP contribution in [0.2, 0.25) is 0 Å². The number of amides is 2. The van der Waals surface area contributed by atoms with Gasteiger partial charge >= 0.3 is 0 Å². The molecule has 2 heterocycles. The Labute approximate surface area is 174 Å². The van der Waals surface area contributed by atoms with Crippen molar-refractivity contribution in [3.8, 4) is 0 Å². The van der Waals surface area contributed by atoms with Gasteiger partial charge in [0.2, 0.25) is 5.91 Å². The van der Waals surface area contributed by atoms with Gasteiger partial charge in [0.25, 0.3) is 12.4 Å². The maximum Gasteiger partial charge on any atom is 0.293 e. The van der Waals surface area contributed by atoms with Gasteiger partial charge in [-0.05, 0) is 31.5 Å². The Morgan fingerprint density at radius 3 is 2.67 bits per heavy atom. The Hall–Kier alpha value is -3.20. The first-order chi connectivity index (χ1) is 14.6. The van der Waals surface area contributed by atoms with Gasteiger partial charge in [-0.15, -0.1) is 0 Å². The number of para-hydroxylation sites is 1. The minimum absolute atomic E-state index is 0.114. The fourth-order valence-electron chi connectivity index (χ4n) is 3.47. The van der Waals surface area contributed by atoms with Crippen LogP contribution in [0.1, 0.15) is 23.3 Å². The highest BCUT2D eigenvalue weighted by Crippen LogP contribution is 2.07. The van der Waals surface area contributed by atoms with Gasteiger partial charge in [-0.2, -0.15) is 0 Å². The van der Waals surface area contributed by atoms with Crippen LogP contribution in [0.15, 0.2) is 35.1 Å². The summed E-state index contributed by atoms with van der Waals surface area (Å²) in [6.07, 6.45) is 1.75. The molecule has 0 spiro atoms. The SMILES string of the molecule is O=COCCCCN1CCN(C(=O)CNC(=O)c2cc(=O)c3ccccc3[nH]2)CC1. The Kier molecular flexibility index (Phi) is 7.56. The van der Waals surface area contributed by atoms with Crippen LogP contribution in [0.3, 0.4) is 0 Å². The molecule has 1 aromatic carbocycles. The van der Waals surface area contributed by atoms with E-state index < -0.39 is 5.91 Å². The Balaban J connectivity index is 1.43. The van der Waals surface area contributed by atoms with E-state index in [2.05, 4.69) is 19.9 Å². The van der Waals surface area contributed by atoms with Gasteiger partial charge < -0.3 is 19.9 Å². The lowest BCUT2D eigenvalue weighted by Gasteiger charge is -2.34. The number of nitrogens with zero attached hydrogens (tertiary/aromatic N) is 2. The molecule has 0 bridgehead atoms. The van der Waals surface area contributed by atoms with E-state index in [1.165, 1.54) is 6.07 Å². The van der Waals surface area contributed by atoms with Crippen molar-refractivity contribution in [3.05, 3.63) is 46.2 Å². The number of fused-ring (bicyclic) bond motifs is 1. The summed E-state index contributed by atoms with van der Waals surface area (Å²) >= 11 is 0. The number of piperazine rings is 1. The van der Waals surface area contributed by atoms with Crippen molar-refractivity contribution in [1.82, 2.24) is 20.1 Å². The molecule has 2 aromatic rings. The summed E-state index contributed by atoms with van der Waals surface area (Å²) in [5, 5.41) is 3.11. The number of carbonyl (C=O) groups is 3. The number of hydrogen-bond donors (Lipinski definition) is 2. The number of nitrogens with one attached hydrogen (secondary N) is 2. The molecule has 160 valence electrons. The summed E-state index contributed by atoms with van der Waals surface area (Å²) in [6.45, 7) is 4.43. The molecule has 30 heavy (non-hydrogen) atoms. The van der Waals surface area contributed by atoms with E-state index in [1.807, 2.05) is 0 Å². The number of unbranched alkanes of at least 4 members (excludes halogenated alkanes) is 1. The summed E-state index contributed by atoms with van der Waals surface area (Å²) < 4.78 is 4.67. The lowest BCUT2D eigenvalue weighted by atomic mass is 10.2. The van der Waals surface area contributed by atoms with E-state index in [0.717, 1.165) is 32.5 Å². The van der Waals surface area contributed by atoms with E-state index >= 15 is 0 Å². The van der Waals surface area contributed by atoms with Gasteiger partial charge in [-0.1, -0.05) is 12.1 Å². The van der Waals surface area contributed by atoms with Crippen LogP contribution in [0, 0.1) is 0 Å². The van der Waals surface area contributed by atoms with Crippen molar-refractivity contribution in [1.29, 1.82) is 0 Å². The molecule has 0 unspecified atom stereocenters. The predicted octanol–water partition coefficient (Wildman–Crippen LogP) is 0.355. The van der Waals surface area contributed by atoms with E-state index in [1.54, 1.807) is 29.2 Å². The van der Waals surface area contributed by atoms with Gasteiger partial charge in [0.1, 0.15) is 5.69 Å². The summed E-state index contributed by atoms with van der Waals surface area (Å²) in [5.74, 6) is -0.632. The second-order valence-corrected chi connectivity index (χ2v) is 7.17. The van der Waals surface area contributed by atoms with Crippen molar-refractivity contribution < 1.29 is 19.1 Å². The molecule has 9 heteroatoms. The molecule has 1 aliphatic rings. The number of pyridine rings is 1. The quantitative estimate of drug-likeness (QED) is 0.453. The second-order valence-electron chi connectivity index (χ2n) is 7.17. The summed E-state index contributed by atoms with van der Waals surface area (Å²) in [6, 6.07) is 8.21. The Bertz CT molecular complexity index is 950. The molecule has 1 fully saturated rings. The molecule has 2 N–H and O–H groups in total. The third kappa shape index (κ3) is 5.66. The van der Waals surface area contributed by atoms with Gasteiger partial charge in [0.05, 0.1) is 13.2 Å². The van der Waals surface area contributed by atoms with Crippen molar-refractivity contribution in [2.24, 2.45) is 0 Å². The van der Waals surface area contributed by atoms with Crippen LogP contribution >= 0.6 is 0 Å². The van der Waals surface area contributed by atoms with Crippen molar-refractivity contribution in [2.75, 3.05) is 45.9 Å². The van der Waals surface area contributed by atoms with Gasteiger partial charge in [0.15, 0.2) is 5.43 Å². The highest BCUT2D eigenvalue weighted by atomic mass is 16.5. The Morgan fingerprint density at radius 1 is 1.13 bits per heavy atom. The highest BCUT2D eigenvalue weighted by molar-refractivity contribution is 5.96. The minimum Gasteiger partial charge on any atom is -0.468 e. The number of benzene rings is 1. The van der Waals surface area contributed by atoms with Crippen LogP contribution in [-0.2, 0) is 14.3 Å². The van der Waals surface area contributed by atoms with Crippen LogP contribution in [-0.4, -0.2) is 78.9 Å². The van der Waals surface area contributed by atoms with E-state index in [-0.39, 0.29) is 23.6 Å². The summed E-state index contributed by atoms with van der Waals surface area (Å²) in [5.41, 5.74) is 0.472. The number of rotatable bonds is 9. The van der Waals surface area contributed by atoms with Crippen molar-refractivity contribution >= 4 is 29.2 Å². The molecule has 1 saturated heterocycles. The zero-order chi connectivity index (χ0) is 21.3. The topological polar surface area (TPSA) is 112 Å². The molecule has 0 saturated carbocycles. The zero-order valence-electron chi connectivity index (χ0n) is 16.8. The molecule has 0 radical (unpaired) electrons. The van der Waals surface area contributed by atoms with Crippen LogP contribution in [0.5, 0.6) is 0 Å². The standard InChI is InChI=1S/C21H26N4O5/c26-15-30-12-4-3-7-24-8-10-25(11-9-24)20(28)14-22-21(29)18-13-19(27)16-5-1-2-6-17(16)23-18/h1-2,5-6,13,15H,3-4,7-12,14H2,(H,22,29)(H,23,27). The maximum atomic E-state index is 12.4. The molecule has 1 aromatic heterocycles. The Morgan fingerprint density at radius 2 is 1.90 bits per heavy atom. The molecular formula is C21H26N4O5. The number of carbonyl (C=O) groups excluding carboxylic acids is 3. The predicted molar refractivity (Wildman–Crippen MR) is 111 cm³/mol. The molecule has 9 nitrogen and oxygen atoms in total. The normalized spacial score (nSPS) is 14.5. The van der Waals surface area contributed by atoms with Crippen molar-refractivity contribution in [3.63, 3.8) is 0 Å². The number of hydrogen-bond acceptors (Lipinski definition) is 6. The lowest BCUT2D eigenvalue weighted by Crippen LogP contribution is -2.51. The van der Waals surface area contributed by atoms with Crippen LogP contribution in [0.25, 0.3) is 10.9 Å². The molecular weight excluding hydrogens is 388 g/mol. The highest BCUT2D eigenvalue weighted by Gasteiger charge is 2.21. The zero-order valence-corrected chi connectivity index (χ0v) is 16.8. The lowest BCUT2D eigenvalue weighted by molar-refractivity contribution is -0.131. The largest absolute Gasteiger partial charge is 0.468 e. The van der Waals surface area contributed by atoms with E-state index in [9.17, 15) is 19.2 Å².